The Morgan fingerprint density at radius 1 is 1.24 bits per heavy atom. The molecule has 5 heteroatoms. The van der Waals surface area contributed by atoms with Gasteiger partial charge in [0.15, 0.2) is 0 Å². The number of furan rings is 1. The van der Waals surface area contributed by atoms with Gasteiger partial charge in [-0.3, -0.25) is 4.79 Å². The van der Waals surface area contributed by atoms with E-state index in [1.165, 1.54) is 11.6 Å². The molecule has 0 unspecified atom stereocenters. The first-order valence-electron chi connectivity index (χ1n) is 8.22. The SMILES string of the molecule is Cc1oc(CNC(=O)C/C=C/c2ccc(C(C)C)cc2)cc1C(=O)O. The Bertz CT molecular complexity index is 769. The Morgan fingerprint density at radius 2 is 1.92 bits per heavy atom. The second-order valence-corrected chi connectivity index (χ2v) is 6.19. The minimum absolute atomic E-state index is 0.119. The Kier molecular flexibility index (Phi) is 6.17. The van der Waals surface area contributed by atoms with Crippen LogP contribution in [0.4, 0.5) is 0 Å². The van der Waals surface area contributed by atoms with Crippen molar-refractivity contribution in [1.82, 2.24) is 5.32 Å². The normalized spacial score (nSPS) is 11.2. The fraction of sp³-hybridized carbons (Fsp3) is 0.300. The second-order valence-electron chi connectivity index (χ2n) is 6.19. The number of carbonyl (C=O) groups is 2. The maximum atomic E-state index is 11.9. The van der Waals surface area contributed by atoms with Crippen LogP contribution in [-0.4, -0.2) is 17.0 Å². The average molecular weight is 341 g/mol. The Labute approximate surface area is 147 Å². The van der Waals surface area contributed by atoms with Gasteiger partial charge in [-0.25, -0.2) is 4.79 Å². The summed E-state index contributed by atoms with van der Waals surface area (Å²) in [7, 11) is 0. The van der Waals surface area contributed by atoms with E-state index in [0.29, 0.717) is 17.4 Å². The van der Waals surface area contributed by atoms with Crippen molar-refractivity contribution < 1.29 is 19.1 Å². The fourth-order valence-electron chi connectivity index (χ4n) is 2.40. The Balaban J connectivity index is 1.82. The topological polar surface area (TPSA) is 79.5 Å². The van der Waals surface area contributed by atoms with Crippen molar-refractivity contribution in [3.63, 3.8) is 0 Å². The summed E-state index contributed by atoms with van der Waals surface area (Å²) in [6, 6.07) is 9.67. The number of carboxylic acids is 1. The third-order valence-corrected chi connectivity index (χ3v) is 3.88. The molecule has 2 N–H and O–H groups in total. The minimum Gasteiger partial charge on any atom is -0.478 e. The van der Waals surface area contributed by atoms with Gasteiger partial charge in [0.2, 0.25) is 5.91 Å². The molecular formula is C20H23NO4. The number of aryl methyl sites for hydroxylation is 1. The lowest BCUT2D eigenvalue weighted by Crippen LogP contribution is -2.21. The molecule has 0 aliphatic rings. The van der Waals surface area contributed by atoms with Crippen LogP contribution in [-0.2, 0) is 11.3 Å². The lowest BCUT2D eigenvalue weighted by molar-refractivity contribution is -0.120. The molecule has 1 aromatic heterocycles. The van der Waals surface area contributed by atoms with Gasteiger partial charge in [-0.15, -0.1) is 0 Å². The molecule has 1 amide bonds. The average Bonchev–Trinajstić information content (AvgIpc) is 2.94. The van der Waals surface area contributed by atoms with Crippen LogP contribution in [0.1, 0.15) is 59.2 Å². The Morgan fingerprint density at radius 3 is 2.48 bits per heavy atom. The van der Waals surface area contributed by atoms with Gasteiger partial charge in [-0.1, -0.05) is 50.3 Å². The van der Waals surface area contributed by atoms with E-state index in [1.54, 1.807) is 13.0 Å². The van der Waals surface area contributed by atoms with Crippen LogP contribution >= 0.6 is 0 Å². The van der Waals surface area contributed by atoms with E-state index in [-0.39, 0.29) is 24.4 Å². The summed E-state index contributed by atoms with van der Waals surface area (Å²) in [6.45, 7) is 6.05. The summed E-state index contributed by atoms with van der Waals surface area (Å²) in [5, 5.41) is 11.7. The van der Waals surface area contributed by atoms with Gasteiger partial charge >= 0.3 is 5.97 Å². The number of amides is 1. The molecule has 2 aromatic rings. The summed E-state index contributed by atoms with van der Waals surface area (Å²) >= 11 is 0. The fourth-order valence-corrected chi connectivity index (χ4v) is 2.40. The quantitative estimate of drug-likeness (QED) is 0.793. The maximum Gasteiger partial charge on any atom is 0.339 e. The highest BCUT2D eigenvalue weighted by Gasteiger charge is 2.13. The van der Waals surface area contributed by atoms with Crippen LogP contribution in [0.5, 0.6) is 0 Å². The summed E-state index contributed by atoms with van der Waals surface area (Å²) in [5.74, 6) is 0.0694. The number of aromatic carboxylic acids is 1. The molecule has 2 rings (SSSR count). The second kappa shape index (κ2) is 8.33. The van der Waals surface area contributed by atoms with E-state index >= 15 is 0 Å². The van der Waals surface area contributed by atoms with Crippen LogP contribution in [0.2, 0.25) is 0 Å². The lowest BCUT2D eigenvalue weighted by Gasteiger charge is -2.04. The molecule has 0 radical (unpaired) electrons. The Hall–Kier alpha value is -2.82. The number of carboxylic acid groups (broad SMARTS) is 1. The molecule has 0 saturated carbocycles. The van der Waals surface area contributed by atoms with E-state index < -0.39 is 5.97 Å². The lowest BCUT2D eigenvalue weighted by atomic mass is 10.0. The molecule has 25 heavy (non-hydrogen) atoms. The summed E-state index contributed by atoms with van der Waals surface area (Å²) in [4.78, 5) is 22.8. The summed E-state index contributed by atoms with van der Waals surface area (Å²) < 4.78 is 5.32. The monoisotopic (exact) mass is 341 g/mol. The van der Waals surface area contributed by atoms with Crippen molar-refractivity contribution in [2.24, 2.45) is 0 Å². The number of nitrogens with one attached hydrogen (secondary N) is 1. The van der Waals surface area contributed by atoms with E-state index in [0.717, 1.165) is 5.56 Å². The molecule has 132 valence electrons. The number of hydrogen-bond acceptors (Lipinski definition) is 3. The van der Waals surface area contributed by atoms with Gasteiger partial charge in [-0.2, -0.15) is 0 Å². The van der Waals surface area contributed by atoms with Crippen LogP contribution in [0.3, 0.4) is 0 Å². The molecule has 0 spiro atoms. The van der Waals surface area contributed by atoms with Gasteiger partial charge in [0, 0.05) is 6.42 Å². The van der Waals surface area contributed by atoms with Crippen molar-refractivity contribution in [2.45, 2.75) is 39.7 Å². The zero-order valence-corrected chi connectivity index (χ0v) is 14.7. The third kappa shape index (κ3) is 5.35. The van der Waals surface area contributed by atoms with E-state index in [9.17, 15) is 9.59 Å². The first-order valence-corrected chi connectivity index (χ1v) is 8.22. The van der Waals surface area contributed by atoms with Crippen LogP contribution in [0, 0.1) is 6.92 Å². The molecule has 0 aliphatic heterocycles. The number of carbonyl (C=O) groups excluding carboxylic acids is 1. The minimum atomic E-state index is -1.04. The van der Waals surface area contributed by atoms with Crippen LogP contribution in [0.25, 0.3) is 6.08 Å². The zero-order chi connectivity index (χ0) is 18.4. The van der Waals surface area contributed by atoms with Crippen molar-refractivity contribution in [3.8, 4) is 0 Å². The number of benzene rings is 1. The highest BCUT2D eigenvalue weighted by atomic mass is 16.4. The van der Waals surface area contributed by atoms with Gasteiger partial charge in [0.05, 0.1) is 6.54 Å². The standard InChI is InChI=1S/C20H23NO4/c1-13(2)16-9-7-15(8-10-16)5-4-6-19(22)21-12-17-11-18(20(23)24)14(3)25-17/h4-5,7-11,13H,6,12H2,1-3H3,(H,21,22)(H,23,24)/b5-4+. The van der Waals surface area contributed by atoms with Gasteiger partial charge in [0.25, 0.3) is 0 Å². The van der Waals surface area contributed by atoms with Crippen LogP contribution in [0.15, 0.2) is 40.8 Å². The molecule has 0 atom stereocenters. The van der Waals surface area contributed by atoms with Crippen LogP contribution < -0.4 is 5.32 Å². The molecule has 5 nitrogen and oxygen atoms in total. The predicted molar refractivity (Wildman–Crippen MR) is 96.4 cm³/mol. The molecule has 0 bridgehead atoms. The van der Waals surface area contributed by atoms with Crippen molar-refractivity contribution >= 4 is 18.0 Å². The van der Waals surface area contributed by atoms with Gasteiger partial charge in [-0.05, 0) is 30.0 Å². The molecule has 1 heterocycles. The largest absolute Gasteiger partial charge is 0.478 e. The molecular weight excluding hydrogens is 318 g/mol. The van der Waals surface area contributed by atoms with Crippen molar-refractivity contribution in [2.75, 3.05) is 0 Å². The molecule has 0 aliphatic carbocycles. The first kappa shape index (κ1) is 18.5. The van der Waals surface area contributed by atoms with E-state index in [1.807, 2.05) is 18.2 Å². The smallest absolute Gasteiger partial charge is 0.339 e. The van der Waals surface area contributed by atoms with Gasteiger partial charge < -0.3 is 14.8 Å². The highest BCUT2D eigenvalue weighted by Crippen LogP contribution is 2.16. The summed E-state index contributed by atoms with van der Waals surface area (Å²) in [5.41, 5.74) is 2.45. The van der Waals surface area contributed by atoms with E-state index in [4.69, 9.17) is 9.52 Å². The predicted octanol–water partition coefficient (Wildman–Crippen LogP) is 4.13. The number of rotatable bonds is 7. The maximum absolute atomic E-state index is 11.9. The molecule has 0 fully saturated rings. The third-order valence-electron chi connectivity index (χ3n) is 3.88. The van der Waals surface area contributed by atoms with Gasteiger partial charge in [0.1, 0.15) is 17.1 Å². The van der Waals surface area contributed by atoms with Crippen molar-refractivity contribution in [3.05, 3.63) is 64.6 Å². The molecule has 0 saturated heterocycles. The highest BCUT2D eigenvalue weighted by molar-refractivity contribution is 5.88. The zero-order valence-electron chi connectivity index (χ0n) is 14.7. The first-order chi connectivity index (χ1) is 11.9. The summed E-state index contributed by atoms with van der Waals surface area (Å²) in [6.07, 6.45) is 3.95. The van der Waals surface area contributed by atoms with Crippen molar-refractivity contribution in [1.29, 1.82) is 0 Å². The molecule has 1 aromatic carbocycles. The number of hydrogen-bond donors (Lipinski definition) is 2. The van der Waals surface area contributed by atoms with E-state index in [2.05, 4.69) is 31.3 Å².